The first-order valence-electron chi connectivity index (χ1n) is 6.66. The number of carboxylic acids is 1. The molecule has 2 N–H and O–H groups in total. The van der Waals surface area contributed by atoms with Crippen LogP contribution >= 0.6 is 0 Å². The number of nitrogens with one attached hydrogen (secondary N) is 1. The first kappa shape index (κ1) is 15.0. The van der Waals surface area contributed by atoms with Gasteiger partial charge in [0.15, 0.2) is 0 Å². The SMILES string of the molecule is CC(C)CCN1CCC(C)NC(=O)C1CC(=O)O. The van der Waals surface area contributed by atoms with Crippen LogP contribution in [0.3, 0.4) is 0 Å². The van der Waals surface area contributed by atoms with Gasteiger partial charge in [0.25, 0.3) is 0 Å². The summed E-state index contributed by atoms with van der Waals surface area (Å²) in [7, 11) is 0. The van der Waals surface area contributed by atoms with Gasteiger partial charge in [0.05, 0.1) is 12.5 Å². The zero-order valence-corrected chi connectivity index (χ0v) is 11.5. The molecule has 0 spiro atoms. The molecule has 1 fully saturated rings. The van der Waals surface area contributed by atoms with Gasteiger partial charge in [0.2, 0.25) is 5.91 Å². The molecule has 1 aliphatic rings. The van der Waals surface area contributed by atoms with E-state index in [1.807, 2.05) is 11.8 Å². The summed E-state index contributed by atoms with van der Waals surface area (Å²) in [5, 5.41) is 11.8. The van der Waals surface area contributed by atoms with Crippen LogP contribution in [-0.4, -0.2) is 47.1 Å². The maximum Gasteiger partial charge on any atom is 0.305 e. The normalized spacial score (nSPS) is 25.9. The Hall–Kier alpha value is -1.10. The zero-order valence-electron chi connectivity index (χ0n) is 11.5. The molecule has 5 heteroatoms. The van der Waals surface area contributed by atoms with Gasteiger partial charge < -0.3 is 10.4 Å². The second-order valence-corrected chi connectivity index (χ2v) is 5.53. The lowest BCUT2D eigenvalue weighted by Crippen LogP contribution is -2.46. The molecule has 1 heterocycles. The molecule has 1 rings (SSSR count). The van der Waals surface area contributed by atoms with Crippen LogP contribution in [0.1, 0.15) is 40.0 Å². The summed E-state index contributed by atoms with van der Waals surface area (Å²) >= 11 is 0. The molecule has 18 heavy (non-hydrogen) atoms. The Bertz CT molecular complexity index is 305. The van der Waals surface area contributed by atoms with Gasteiger partial charge in [-0.25, -0.2) is 0 Å². The van der Waals surface area contributed by atoms with Crippen LogP contribution in [0.25, 0.3) is 0 Å². The summed E-state index contributed by atoms with van der Waals surface area (Å²) in [6.07, 6.45) is 1.74. The Labute approximate surface area is 109 Å². The van der Waals surface area contributed by atoms with Crippen LogP contribution in [0, 0.1) is 5.92 Å². The van der Waals surface area contributed by atoms with E-state index < -0.39 is 12.0 Å². The van der Waals surface area contributed by atoms with Crippen molar-refractivity contribution >= 4 is 11.9 Å². The van der Waals surface area contributed by atoms with E-state index >= 15 is 0 Å². The number of carbonyl (C=O) groups is 2. The van der Waals surface area contributed by atoms with E-state index in [9.17, 15) is 9.59 Å². The minimum Gasteiger partial charge on any atom is -0.481 e. The van der Waals surface area contributed by atoms with E-state index in [2.05, 4.69) is 19.2 Å². The zero-order chi connectivity index (χ0) is 13.7. The first-order valence-corrected chi connectivity index (χ1v) is 6.66. The highest BCUT2D eigenvalue weighted by molar-refractivity contribution is 5.86. The van der Waals surface area contributed by atoms with E-state index in [1.165, 1.54) is 0 Å². The van der Waals surface area contributed by atoms with Crippen molar-refractivity contribution in [2.75, 3.05) is 13.1 Å². The smallest absolute Gasteiger partial charge is 0.305 e. The Balaban J connectivity index is 2.72. The summed E-state index contributed by atoms with van der Waals surface area (Å²) < 4.78 is 0. The number of aliphatic carboxylic acids is 1. The van der Waals surface area contributed by atoms with Crippen LogP contribution in [0.15, 0.2) is 0 Å². The number of hydrogen-bond donors (Lipinski definition) is 2. The third-order valence-corrected chi connectivity index (χ3v) is 3.34. The van der Waals surface area contributed by atoms with Crippen molar-refractivity contribution in [2.45, 2.75) is 52.1 Å². The minimum absolute atomic E-state index is 0.114. The first-order chi connectivity index (χ1) is 8.40. The van der Waals surface area contributed by atoms with Gasteiger partial charge in [-0.05, 0) is 32.2 Å². The molecule has 1 aliphatic heterocycles. The molecule has 2 unspecified atom stereocenters. The number of carboxylic acid groups (broad SMARTS) is 1. The summed E-state index contributed by atoms with van der Waals surface area (Å²) in [5.41, 5.74) is 0. The molecule has 1 saturated heterocycles. The molecular formula is C13H24N2O3. The summed E-state index contributed by atoms with van der Waals surface area (Å²) in [6.45, 7) is 7.79. The largest absolute Gasteiger partial charge is 0.481 e. The van der Waals surface area contributed by atoms with Gasteiger partial charge in [-0.2, -0.15) is 0 Å². The average molecular weight is 256 g/mol. The Kier molecular flexibility index (Phi) is 5.59. The maximum atomic E-state index is 12.0. The lowest BCUT2D eigenvalue weighted by molar-refractivity contribution is -0.141. The number of carbonyl (C=O) groups excluding carboxylic acids is 1. The van der Waals surface area contributed by atoms with Crippen molar-refractivity contribution < 1.29 is 14.7 Å². The molecule has 5 nitrogen and oxygen atoms in total. The van der Waals surface area contributed by atoms with E-state index in [0.29, 0.717) is 5.92 Å². The fourth-order valence-electron chi connectivity index (χ4n) is 2.17. The van der Waals surface area contributed by atoms with E-state index in [0.717, 1.165) is 25.9 Å². The second kappa shape index (κ2) is 6.73. The van der Waals surface area contributed by atoms with E-state index in [-0.39, 0.29) is 18.4 Å². The summed E-state index contributed by atoms with van der Waals surface area (Å²) in [4.78, 5) is 24.9. The topological polar surface area (TPSA) is 69.6 Å². The van der Waals surface area contributed by atoms with Crippen molar-refractivity contribution in [3.05, 3.63) is 0 Å². The Morgan fingerprint density at radius 3 is 2.78 bits per heavy atom. The van der Waals surface area contributed by atoms with Crippen molar-refractivity contribution in [1.29, 1.82) is 0 Å². The van der Waals surface area contributed by atoms with Crippen LogP contribution in [-0.2, 0) is 9.59 Å². The fraction of sp³-hybridized carbons (Fsp3) is 0.846. The highest BCUT2D eigenvalue weighted by Crippen LogP contribution is 2.14. The van der Waals surface area contributed by atoms with E-state index in [1.54, 1.807) is 0 Å². The Morgan fingerprint density at radius 2 is 2.22 bits per heavy atom. The van der Waals surface area contributed by atoms with Crippen molar-refractivity contribution in [1.82, 2.24) is 10.2 Å². The monoisotopic (exact) mass is 256 g/mol. The highest BCUT2D eigenvalue weighted by Gasteiger charge is 2.31. The lowest BCUT2D eigenvalue weighted by atomic mass is 10.1. The molecule has 1 amide bonds. The third kappa shape index (κ3) is 4.64. The molecule has 2 atom stereocenters. The molecular weight excluding hydrogens is 232 g/mol. The van der Waals surface area contributed by atoms with Crippen LogP contribution in [0.4, 0.5) is 0 Å². The van der Waals surface area contributed by atoms with Crippen molar-refractivity contribution in [3.63, 3.8) is 0 Å². The fourth-order valence-corrected chi connectivity index (χ4v) is 2.17. The van der Waals surface area contributed by atoms with Crippen LogP contribution in [0.2, 0.25) is 0 Å². The Morgan fingerprint density at radius 1 is 1.56 bits per heavy atom. The maximum absolute atomic E-state index is 12.0. The molecule has 0 aromatic carbocycles. The standard InChI is InChI=1S/C13H24N2O3/c1-9(2)4-6-15-7-5-10(3)14-13(18)11(15)8-12(16)17/h9-11H,4-8H2,1-3H3,(H,14,18)(H,16,17). The van der Waals surface area contributed by atoms with Gasteiger partial charge >= 0.3 is 5.97 Å². The number of hydrogen-bond acceptors (Lipinski definition) is 3. The second-order valence-electron chi connectivity index (χ2n) is 5.53. The van der Waals surface area contributed by atoms with Crippen molar-refractivity contribution in [2.24, 2.45) is 5.92 Å². The highest BCUT2D eigenvalue weighted by atomic mass is 16.4. The number of rotatable bonds is 5. The predicted molar refractivity (Wildman–Crippen MR) is 69.3 cm³/mol. The van der Waals surface area contributed by atoms with Gasteiger partial charge in [-0.3, -0.25) is 14.5 Å². The molecule has 0 aliphatic carbocycles. The number of nitrogens with zero attached hydrogens (tertiary/aromatic N) is 1. The molecule has 104 valence electrons. The van der Waals surface area contributed by atoms with Gasteiger partial charge in [-0.1, -0.05) is 13.8 Å². The van der Waals surface area contributed by atoms with Crippen molar-refractivity contribution in [3.8, 4) is 0 Å². The summed E-state index contributed by atoms with van der Waals surface area (Å²) in [6, 6.07) is -0.399. The molecule has 0 aromatic heterocycles. The lowest BCUT2D eigenvalue weighted by Gasteiger charge is -2.27. The predicted octanol–water partition coefficient (Wildman–Crippen LogP) is 1.09. The third-order valence-electron chi connectivity index (χ3n) is 3.34. The summed E-state index contributed by atoms with van der Waals surface area (Å²) in [5.74, 6) is -0.510. The average Bonchev–Trinajstić information content (AvgIpc) is 2.37. The number of amides is 1. The van der Waals surface area contributed by atoms with Crippen LogP contribution in [0.5, 0.6) is 0 Å². The van der Waals surface area contributed by atoms with Gasteiger partial charge in [0, 0.05) is 12.6 Å². The van der Waals surface area contributed by atoms with Crippen LogP contribution < -0.4 is 5.32 Å². The molecule has 0 saturated carbocycles. The van der Waals surface area contributed by atoms with Gasteiger partial charge in [-0.15, -0.1) is 0 Å². The molecule has 0 radical (unpaired) electrons. The quantitative estimate of drug-likeness (QED) is 0.772. The van der Waals surface area contributed by atoms with E-state index in [4.69, 9.17) is 5.11 Å². The minimum atomic E-state index is -0.917. The molecule has 0 aromatic rings. The molecule has 0 bridgehead atoms. The van der Waals surface area contributed by atoms with Gasteiger partial charge in [0.1, 0.15) is 0 Å².